The van der Waals surface area contributed by atoms with E-state index in [9.17, 15) is 4.79 Å². The van der Waals surface area contributed by atoms with Gasteiger partial charge in [0.05, 0.1) is 12.7 Å². The zero-order valence-electron chi connectivity index (χ0n) is 11.4. The van der Waals surface area contributed by atoms with Gasteiger partial charge in [-0.3, -0.25) is 4.79 Å². The van der Waals surface area contributed by atoms with Crippen LogP contribution in [0, 0.1) is 0 Å². The topological polar surface area (TPSA) is 35.5 Å². The molecule has 0 N–H and O–H groups in total. The summed E-state index contributed by atoms with van der Waals surface area (Å²) in [6, 6.07) is 13.0. The third kappa shape index (κ3) is 3.39. The molecule has 2 rings (SSSR count). The van der Waals surface area contributed by atoms with E-state index in [0.717, 1.165) is 15.8 Å². The maximum Gasteiger partial charge on any atom is 0.163 e. The molecule has 3 nitrogen and oxygen atoms in total. The summed E-state index contributed by atoms with van der Waals surface area (Å²) in [6.07, 6.45) is 0. The number of para-hydroxylation sites is 1. The lowest BCUT2D eigenvalue weighted by atomic mass is 10.1. The van der Waals surface area contributed by atoms with Crippen LogP contribution in [0.1, 0.15) is 22.8 Å². The Balaban J connectivity index is 2.22. The number of rotatable bonds is 5. The molecule has 0 atom stereocenters. The van der Waals surface area contributed by atoms with Gasteiger partial charge in [-0.2, -0.15) is 0 Å². The van der Waals surface area contributed by atoms with Crippen molar-refractivity contribution < 1.29 is 14.3 Å². The van der Waals surface area contributed by atoms with Gasteiger partial charge in [0.2, 0.25) is 0 Å². The molecule has 0 spiro atoms. The predicted molar refractivity (Wildman–Crippen MR) is 81.5 cm³/mol. The fourth-order valence-electron chi connectivity index (χ4n) is 1.88. The quantitative estimate of drug-likeness (QED) is 0.767. The number of hydrogen-bond acceptors (Lipinski definition) is 3. The van der Waals surface area contributed by atoms with E-state index in [1.807, 2.05) is 30.3 Å². The minimum absolute atomic E-state index is 0.0208. The maximum atomic E-state index is 11.6. The zero-order chi connectivity index (χ0) is 14.5. The van der Waals surface area contributed by atoms with Gasteiger partial charge in [0.1, 0.15) is 18.1 Å². The second kappa shape index (κ2) is 6.57. The van der Waals surface area contributed by atoms with E-state index in [2.05, 4.69) is 15.9 Å². The minimum atomic E-state index is -0.0208. The Morgan fingerprint density at radius 1 is 1.15 bits per heavy atom. The van der Waals surface area contributed by atoms with E-state index in [1.54, 1.807) is 19.2 Å². The predicted octanol–water partition coefficient (Wildman–Crippen LogP) is 4.24. The normalized spacial score (nSPS) is 10.2. The molecule has 104 valence electrons. The molecule has 0 saturated carbocycles. The summed E-state index contributed by atoms with van der Waals surface area (Å²) >= 11 is 3.38. The largest absolute Gasteiger partial charge is 0.496 e. The number of hydrogen-bond donors (Lipinski definition) is 0. The number of halogens is 1. The lowest BCUT2D eigenvalue weighted by Crippen LogP contribution is -2.03. The smallest absolute Gasteiger partial charge is 0.163 e. The third-order valence-corrected chi connectivity index (χ3v) is 3.39. The van der Waals surface area contributed by atoms with Crippen molar-refractivity contribution in [2.45, 2.75) is 13.5 Å². The Morgan fingerprint density at radius 2 is 1.90 bits per heavy atom. The number of benzene rings is 2. The van der Waals surface area contributed by atoms with Crippen LogP contribution in [0.3, 0.4) is 0 Å². The standard InChI is InChI=1S/C16H15BrO3/c1-11(18)14-8-7-13(17)9-16(14)20-10-12-5-3-4-6-15(12)19-2/h3-9H,10H2,1-2H3. The molecular weight excluding hydrogens is 320 g/mol. The lowest BCUT2D eigenvalue weighted by Gasteiger charge is -2.12. The van der Waals surface area contributed by atoms with E-state index in [1.165, 1.54) is 6.92 Å². The second-order valence-electron chi connectivity index (χ2n) is 4.30. The van der Waals surface area contributed by atoms with Crippen LogP contribution in [0.5, 0.6) is 11.5 Å². The molecule has 0 aliphatic carbocycles. The molecule has 0 aliphatic heterocycles. The Morgan fingerprint density at radius 3 is 2.60 bits per heavy atom. The molecule has 20 heavy (non-hydrogen) atoms. The molecule has 0 unspecified atom stereocenters. The molecule has 2 aromatic carbocycles. The van der Waals surface area contributed by atoms with Gasteiger partial charge in [0.15, 0.2) is 5.78 Å². The van der Waals surface area contributed by atoms with E-state index in [4.69, 9.17) is 9.47 Å². The molecule has 0 amide bonds. The van der Waals surface area contributed by atoms with E-state index >= 15 is 0 Å². The molecule has 0 saturated heterocycles. The Hall–Kier alpha value is -1.81. The van der Waals surface area contributed by atoms with Gasteiger partial charge in [-0.25, -0.2) is 0 Å². The molecule has 0 heterocycles. The van der Waals surface area contributed by atoms with Crippen molar-refractivity contribution in [3.05, 3.63) is 58.1 Å². The highest BCUT2D eigenvalue weighted by Crippen LogP contribution is 2.26. The summed E-state index contributed by atoms with van der Waals surface area (Å²) in [5.74, 6) is 1.32. The number of Topliss-reactive ketones (excluding diaryl/α,β-unsaturated/α-hetero) is 1. The Kier molecular flexibility index (Phi) is 4.79. The first-order chi connectivity index (χ1) is 9.61. The van der Waals surface area contributed by atoms with Crippen LogP contribution < -0.4 is 9.47 Å². The molecule has 0 aromatic heterocycles. The first-order valence-corrected chi connectivity index (χ1v) is 6.96. The monoisotopic (exact) mass is 334 g/mol. The molecule has 0 bridgehead atoms. The zero-order valence-corrected chi connectivity index (χ0v) is 12.9. The van der Waals surface area contributed by atoms with Gasteiger partial charge < -0.3 is 9.47 Å². The van der Waals surface area contributed by atoms with Crippen LogP contribution in [-0.2, 0) is 6.61 Å². The number of methoxy groups -OCH3 is 1. The summed E-state index contributed by atoms with van der Waals surface area (Å²) in [7, 11) is 1.62. The van der Waals surface area contributed by atoms with Crippen LogP contribution in [-0.4, -0.2) is 12.9 Å². The maximum absolute atomic E-state index is 11.6. The van der Waals surface area contributed by atoms with Crippen LogP contribution >= 0.6 is 15.9 Å². The first-order valence-electron chi connectivity index (χ1n) is 6.17. The van der Waals surface area contributed by atoms with Crippen LogP contribution in [0.2, 0.25) is 0 Å². The fourth-order valence-corrected chi connectivity index (χ4v) is 2.22. The van der Waals surface area contributed by atoms with Gasteiger partial charge in [0.25, 0.3) is 0 Å². The number of ketones is 1. The summed E-state index contributed by atoms with van der Waals surface area (Å²) in [5, 5.41) is 0. The van der Waals surface area contributed by atoms with Gasteiger partial charge in [-0.05, 0) is 31.2 Å². The van der Waals surface area contributed by atoms with E-state index in [0.29, 0.717) is 17.9 Å². The molecule has 0 radical (unpaired) electrons. The fraction of sp³-hybridized carbons (Fsp3) is 0.188. The third-order valence-electron chi connectivity index (χ3n) is 2.90. The molecule has 4 heteroatoms. The lowest BCUT2D eigenvalue weighted by molar-refractivity contribution is 0.101. The van der Waals surface area contributed by atoms with Crippen LogP contribution in [0.4, 0.5) is 0 Å². The summed E-state index contributed by atoms with van der Waals surface area (Å²) in [5.41, 5.74) is 1.51. The van der Waals surface area contributed by atoms with Crippen molar-refractivity contribution in [1.82, 2.24) is 0 Å². The van der Waals surface area contributed by atoms with Gasteiger partial charge in [0, 0.05) is 10.0 Å². The summed E-state index contributed by atoms with van der Waals surface area (Å²) in [6.45, 7) is 1.87. The Bertz CT molecular complexity index is 623. The summed E-state index contributed by atoms with van der Waals surface area (Å²) < 4.78 is 11.9. The van der Waals surface area contributed by atoms with Crippen LogP contribution in [0.15, 0.2) is 46.9 Å². The highest BCUT2D eigenvalue weighted by molar-refractivity contribution is 9.10. The average Bonchev–Trinajstić information content (AvgIpc) is 2.45. The molecule has 0 aliphatic rings. The highest BCUT2D eigenvalue weighted by Gasteiger charge is 2.10. The van der Waals surface area contributed by atoms with Crippen molar-refractivity contribution in [2.75, 3.05) is 7.11 Å². The SMILES string of the molecule is COc1ccccc1COc1cc(Br)ccc1C(C)=O. The van der Waals surface area contributed by atoms with Crippen molar-refractivity contribution >= 4 is 21.7 Å². The highest BCUT2D eigenvalue weighted by atomic mass is 79.9. The molecule has 2 aromatic rings. The van der Waals surface area contributed by atoms with Gasteiger partial charge >= 0.3 is 0 Å². The average molecular weight is 335 g/mol. The molecular formula is C16H15BrO3. The van der Waals surface area contributed by atoms with Crippen molar-refractivity contribution in [1.29, 1.82) is 0 Å². The first kappa shape index (κ1) is 14.6. The van der Waals surface area contributed by atoms with Crippen molar-refractivity contribution in [3.63, 3.8) is 0 Å². The van der Waals surface area contributed by atoms with Gasteiger partial charge in [-0.15, -0.1) is 0 Å². The van der Waals surface area contributed by atoms with Crippen molar-refractivity contribution in [3.8, 4) is 11.5 Å². The van der Waals surface area contributed by atoms with E-state index < -0.39 is 0 Å². The van der Waals surface area contributed by atoms with Crippen molar-refractivity contribution in [2.24, 2.45) is 0 Å². The van der Waals surface area contributed by atoms with Gasteiger partial charge in [-0.1, -0.05) is 34.1 Å². The molecule has 0 fully saturated rings. The van der Waals surface area contributed by atoms with E-state index in [-0.39, 0.29) is 5.78 Å². The number of carbonyl (C=O) groups is 1. The minimum Gasteiger partial charge on any atom is -0.496 e. The Labute approximate surface area is 126 Å². The van der Waals surface area contributed by atoms with Crippen LogP contribution in [0.25, 0.3) is 0 Å². The number of carbonyl (C=O) groups excluding carboxylic acids is 1. The second-order valence-corrected chi connectivity index (χ2v) is 5.21. The number of ether oxygens (including phenoxy) is 2. The summed E-state index contributed by atoms with van der Waals surface area (Å²) in [4.78, 5) is 11.6.